The van der Waals surface area contributed by atoms with E-state index in [0.29, 0.717) is 11.7 Å². The maximum absolute atomic E-state index is 13.2. The molecule has 2 aliphatic rings. The van der Waals surface area contributed by atoms with E-state index in [-0.39, 0.29) is 5.41 Å². The lowest BCUT2D eigenvalue weighted by Crippen LogP contribution is -2.47. The van der Waals surface area contributed by atoms with Crippen molar-refractivity contribution in [3.05, 3.63) is 65.2 Å². The molecule has 0 heterocycles. The highest BCUT2D eigenvalue weighted by Gasteiger charge is 2.50. The van der Waals surface area contributed by atoms with Gasteiger partial charge >= 0.3 is 0 Å². The van der Waals surface area contributed by atoms with E-state index >= 15 is 0 Å². The highest BCUT2D eigenvalue weighted by Crippen LogP contribution is 2.53. The molecule has 0 bridgehead atoms. The lowest BCUT2D eigenvalue weighted by atomic mass is 9.55. The van der Waals surface area contributed by atoms with Crippen molar-refractivity contribution < 1.29 is 9.53 Å². The number of hydrogen-bond donors (Lipinski definition) is 0. The number of rotatable bonds is 2. The molecule has 0 aromatic heterocycles. The third-order valence-electron chi connectivity index (χ3n) is 6.01. The molecular weight excluding hydrogens is 296 g/mol. The number of methoxy groups -OCH3 is 1. The van der Waals surface area contributed by atoms with Gasteiger partial charge in [-0.15, -0.1) is 0 Å². The lowest BCUT2D eigenvalue weighted by Gasteiger charge is -2.47. The number of ether oxygens (including phenoxy) is 1. The van der Waals surface area contributed by atoms with Crippen molar-refractivity contribution >= 4 is 5.78 Å². The van der Waals surface area contributed by atoms with Crippen LogP contribution in [-0.4, -0.2) is 12.9 Å². The van der Waals surface area contributed by atoms with Crippen LogP contribution in [0.3, 0.4) is 0 Å². The molecule has 1 saturated carbocycles. The summed E-state index contributed by atoms with van der Waals surface area (Å²) in [6.45, 7) is 0. The minimum atomic E-state index is -0.334. The summed E-state index contributed by atoms with van der Waals surface area (Å²) < 4.78 is 5.41. The largest absolute Gasteiger partial charge is 0.497 e. The molecule has 0 aliphatic heterocycles. The summed E-state index contributed by atoms with van der Waals surface area (Å²) in [4.78, 5) is 13.2. The van der Waals surface area contributed by atoms with Crippen LogP contribution in [0, 0.1) is 0 Å². The lowest BCUT2D eigenvalue weighted by molar-refractivity contribution is -0.128. The quantitative estimate of drug-likeness (QED) is 0.794. The summed E-state index contributed by atoms with van der Waals surface area (Å²) in [6.07, 6.45) is 5.92. The molecule has 2 atom stereocenters. The normalized spacial score (nSPS) is 26.2. The molecule has 2 aromatic carbocycles. The molecule has 0 unspecified atom stereocenters. The van der Waals surface area contributed by atoms with Gasteiger partial charge < -0.3 is 4.74 Å². The first-order chi connectivity index (χ1) is 11.8. The van der Waals surface area contributed by atoms with Crippen molar-refractivity contribution in [2.24, 2.45) is 0 Å². The van der Waals surface area contributed by atoms with Crippen LogP contribution in [0.2, 0.25) is 0 Å². The molecule has 4 rings (SSSR count). The summed E-state index contributed by atoms with van der Waals surface area (Å²) >= 11 is 0. The summed E-state index contributed by atoms with van der Waals surface area (Å²) in [6, 6.07) is 17.0. The number of benzene rings is 2. The van der Waals surface area contributed by atoms with Gasteiger partial charge in [0, 0.05) is 12.3 Å². The second kappa shape index (κ2) is 6.08. The van der Waals surface area contributed by atoms with E-state index in [1.807, 2.05) is 6.07 Å². The molecule has 2 nitrogen and oxygen atoms in total. The van der Waals surface area contributed by atoms with E-state index in [2.05, 4.69) is 42.5 Å². The Bertz CT molecular complexity index is 750. The van der Waals surface area contributed by atoms with Gasteiger partial charge in [-0.3, -0.25) is 4.79 Å². The van der Waals surface area contributed by atoms with E-state index in [4.69, 9.17) is 4.74 Å². The van der Waals surface area contributed by atoms with Crippen molar-refractivity contribution in [3.63, 3.8) is 0 Å². The average molecular weight is 320 g/mol. The molecule has 2 aromatic rings. The number of carbonyl (C=O) groups is 1. The van der Waals surface area contributed by atoms with Crippen molar-refractivity contribution in [1.29, 1.82) is 0 Å². The molecule has 0 N–H and O–H groups in total. The topological polar surface area (TPSA) is 26.3 Å². The van der Waals surface area contributed by atoms with Gasteiger partial charge in [-0.1, -0.05) is 42.8 Å². The molecule has 24 heavy (non-hydrogen) atoms. The Labute approximate surface area is 143 Å². The molecular formula is C22H24O2. The van der Waals surface area contributed by atoms with Gasteiger partial charge in [-0.25, -0.2) is 0 Å². The SMILES string of the molecule is COc1ccc2c(c1)CC[C@H](c1ccccc1)[C@@]21CCCCC1=O. The van der Waals surface area contributed by atoms with Crippen molar-refractivity contribution in [2.75, 3.05) is 7.11 Å². The van der Waals surface area contributed by atoms with Crippen molar-refractivity contribution in [1.82, 2.24) is 0 Å². The van der Waals surface area contributed by atoms with Gasteiger partial charge in [-0.05, 0) is 54.5 Å². The number of carbonyl (C=O) groups excluding carboxylic acids is 1. The third-order valence-corrected chi connectivity index (χ3v) is 6.01. The van der Waals surface area contributed by atoms with E-state index in [1.54, 1.807) is 7.11 Å². The molecule has 1 fully saturated rings. The highest BCUT2D eigenvalue weighted by molar-refractivity contribution is 5.93. The Kier molecular flexibility index (Phi) is 3.91. The molecule has 1 spiro atoms. The predicted molar refractivity (Wildman–Crippen MR) is 95.7 cm³/mol. The first-order valence-electron chi connectivity index (χ1n) is 9.01. The zero-order valence-electron chi connectivity index (χ0n) is 14.3. The molecule has 0 radical (unpaired) electrons. The molecule has 2 aliphatic carbocycles. The van der Waals surface area contributed by atoms with Gasteiger partial charge in [0.05, 0.1) is 12.5 Å². The Hall–Kier alpha value is -2.09. The fourth-order valence-electron chi connectivity index (χ4n) is 4.91. The van der Waals surface area contributed by atoms with Crippen LogP contribution in [0.4, 0.5) is 0 Å². The fraction of sp³-hybridized carbons (Fsp3) is 0.409. The zero-order valence-corrected chi connectivity index (χ0v) is 14.3. The Morgan fingerprint density at radius 1 is 1.04 bits per heavy atom. The summed E-state index contributed by atoms with van der Waals surface area (Å²) in [5, 5.41) is 0. The van der Waals surface area contributed by atoms with Crippen LogP contribution < -0.4 is 4.74 Å². The van der Waals surface area contributed by atoms with Crippen LogP contribution in [0.5, 0.6) is 5.75 Å². The summed E-state index contributed by atoms with van der Waals surface area (Å²) in [5.74, 6) is 1.63. The zero-order chi connectivity index (χ0) is 16.6. The number of aryl methyl sites for hydroxylation is 1. The van der Waals surface area contributed by atoms with Gasteiger partial charge in [-0.2, -0.15) is 0 Å². The second-order valence-electron chi connectivity index (χ2n) is 7.13. The first-order valence-corrected chi connectivity index (χ1v) is 9.01. The third kappa shape index (κ3) is 2.28. The standard InChI is InChI=1S/C22H24O2/c1-24-18-11-13-20-17(15-18)10-12-19(16-7-3-2-4-8-16)22(20)14-6-5-9-21(22)23/h2-4,7-8,11,13,15,19H,5-6,9-10,12,14H2,1H3/t19-,22+/m1/s1. The van der Waals surface area contributed by atoms with E-state index in [9.17, 15) is 4.79 Å². The average Bonchev–Trinajstić information content (AvgIpc) is 2.64. The first kappa shape index (κ1) is 15.4. The fourth-order valence-corrected chi connectivity index (χ4v) is 4.91. The van der Waals surface area contributed by atoms with Crippen LogP contribution in [0.15, 0.2) is 48.5 Å². The second-order valence-corrected chi connectivity index (χ2v) is 7.13. The molecule has 0 saturated heterocycles. The van der Waals surface area contributed by atoms with Crippen molar-refractivity contribution in [3.8, 4) is 5.75 Å². The maximum Gasteiger partial charge on any atom is 0.144 e. The molecule has 124 valence electrons. The Balaban J connectivity index is 1.89. The van der Waals surface area contributed by atoms with E-state index in [1.165, 1.54) is 16.7 Å². The molecule has 0 amide bonds. The van der Waals surface area contributed by atoms with Gasteiger partial charge in [0.1, 0.15) is 11.5 Å². The van der Waals surface area contributed by atoms with Gasteiger partial charge in [0.15, 0.2) is 0 Å². The van der Waals surface area contributed by atoms with Crippen LogP contribution in [-0.2, 0) is 16.6 Å². The summed E-state index contributed by atoms with van der Waals surface area (Å²) in [7, 11) is 1.71. The Morgan fingerprint density at radius 2 is 1.88 bits per heavy atom. The predicted octanol–water partition coefficient (Wildman–Crippen LogP) is 4.81. The van der Waals surface area contributed by atoms with Crippen LogP contribution >= 0.6 is 0 Å². The van der Waals surface area contributed by atoms with E-state index in [0.717, 1.165) is 44.3 Å². The van der Waals surface area contributed by atoms with Crippen LogP contribution in [0.1, 0.15) is 54.7 Å². The molecule has 2 heteroatoms. The highest BCUT2D eigenvalue weighted by atomic mass is 16.5. The maximum atomic E-state index is 13.2. The monoisotopic (exact) mass is 320 g/mol. The number of hydrogen-bond acceptors (Lipinski definition) is 2. The number of ketones is 1. The van der Waals surface area contributed by atoms with Crippen LogP contribution in [0.25, 0.3) is 0 Å². The van der Waals surface area contributed by atoms with E-state index < -0.39 is 0 Å². The van der Waals surface area contributed by atoms with Gasteiger partial charge in [0.2, 0.25) is 0 Å². The van der Waals surface area contributed by atoms with Gasteiger partial charge in [0.25, 0.3) is 0 Å². The minimum Gasteiger partial charge on any atom is -0.497 e. The smallest absolute Gasteiger partial charge is 0.144 e. The minimum absolute atomic E-state index is 0.299. The number of Topliss-reactive ketones (excluding diaryl/α,β-unsaturated/α-hetero) is 1. The summed E-state index contributed by atoms with van der Waals surface area (Å²) in [5.41, 5.74) is 3.54. The number of fused-ring (bicyclic) bond motifs is 2. The Morgan fingerprint density at radius 3 is 2.62 bits per heavy atom. The van der Waals surface area contributed by atoms with Crippen molar-refractivity contribution in [2.45, 2.75) is 49.9 Å².